The van der Waals surface area contributed by atoms with E-state index in [1.54, 1.807) is 24.3 Å². The van der Waals surface area contributed by atoms with Crippen LogP contribution >= 0.6 is 0 Å². The molecule has 118 valence electrons. The van der Waals surface area contributed by atoms with Crippen molar-refractivity contribution < 1.29 is 24.0 Å². The van der Waals surface area contributed by atoms with Crippen molar-refractivity contribution in [3.63, 3.8) is 0 Å². The van der Waals surface area contributed by atoms with Gasteiger partial charge >= 0.3 is 0 Å². The number of morpholine rings is 1. The summed E-state index contributed by atoms with van der Waals surface area (Å²) in [5, 5.41) is 0. The minimum atomic E-state index is -0.275. The highest BCUT2D eigenvalue weighted by Crippen LogP contribution is 2.24. The van der Waals surface area contributed by atoms with Crippen molar-refractivity contribution in [3.8, 4) is 5.75 Å². The van der Waals surface area contributed by atoms with Crippen LogP contribution in [0.5, 0.6) is 5.75 Å². The van der Waals surface area contributed by atoms with Crippen molar-refractivity contribution in [3.05, 3.63) is 24.3 Å². The molecule has 22 heavy (non-hydrogen) atoms. The fourth-order valence-electron chi connectivity index (χ4n) is 3.06. The van der Waals surface area contributed by atoms with Gasteiger partial charge in [-0.1, -0.05) is 0 Å². The van der Waals surface area contributed by atoms with E-state index >= 15 is 0 Å². The van der Waals surface area contributed by atoms with E-state index in [1.807, 2.05) is 6.92 Å². The number of ether oxygens (including phenoxy) is 2. The molecular formula is C16H21N2O4+. The molecule has 2 aliphatic heterocycles. The number of amides is 2. The Morgan fingerprint density at radius 2 is 1.91 bits per heavy atom. The monoisotopic (exact) mass is 305 g/mol. The van der Waals surface area contributed by atoms with Crippen LogP contribution in [0, 0.1) is 0 Å². The fraction of sp³-hybridized carbons (Fsp3) is 0.500. The number of hydrogen-bond acceptors (Lipinski definition) is 4. The van der Waals surface area contributed by atoms with Crippen molar-refractivity contribution in [2.45, 2.75) is 19.4 Å². The van der Waals surface area contributed by atoms with Crippen LogP contribution in [0.25, 0.3) is 0 Å². The van der Waals surface area contributed by atoms with Gasteiger partial charge in [0.05, 0.1) is 31.9 Å². The van der Waals surface area contributed by atoms with Crippen molar-refractivity contribution in [2.75, 3.05) is 37.8 Å². The molecule has 0 saturated carbocycles. The first-order chi connectivity index (χ1) is 10.7. The molecule has 1 atom stereocenters. The summed E-state index contributed by atoms with van der Waals surface area (Å²) in [4.78, 5) is 27.4. The van der Waals surface area contributed by atoms with Gasteiger partial charge in [-0.2, -0.15) is 0 Å². The van der Waals surface area contributed by atoms with Crippen LogP contribution in [-0.4, -0.2) is 50.8 Å². The zero-order valence-electron chi connectivity index (χ0n) is 12.7. The first-order valence-electron chi connectivity index (χ1n) is 7.72. The number of nitrogens with zero attached hydrogens (tertiary/aromatic N) is 1. The van der Waals surface area contributed by atoms with Crippen LogP contribution in [-0.2, 0) is 14.3 Å². The number of nitrogens with one attached hydrogen (secondary N) is 1. The molecule has 1 aromatic rings. The van der Waals surface area contributed by atoms with E-state index in [4.69, 9.17) is 9.47 Å². The predicted molar refractivity (Wildman–Crippen MR) is 80.0 cm³/mol. The van der Waals surface area contributed by atoms with Gasteiger partial charge in [-0.05, 0) is 31.2 Å². The largest absolute Gasteiger partial charge is 0.494 e. The normalized spacial score (nSPS) is 23.1. The van der Waals surface area contributed by atoms with E-state index in [0.717, 1.165) is 23.7 Å². The van der Waals surface area contributed by atoms with Gasteiger partial charge in [-0.3, -0.25) is 9.59 Å². The molecule has 2 aliphatic rings. The molecule has 0 bridgehead atoms. The lowest BCUT2D eigenvalue weighted by Crippen LogP contribution is -3.18. The SMILES string of the molecule is CCOc1ccc(N2C(=O)C[C@H]([NH+]3CCOCC3)C2=O)cc1. The highest BCUT2D eigenvalue weighted by molar-refractivity contribution is 6.21. The number of benzene rings is 1. The first kappa shape index (κ1) is 15.0. The number of rotatable bonds is 4. The summed E-state index contributed by atoms with van der Waals surface area (Å²) in [7, 11) is 0. The average molecular weight is 305 g/mol. The number of hydrogen-bond donors (Lipinski definition) is 1. The Hall–Kier alpha value is -1.92. The Morgan fingerprint density at radius 1 is 1.23 bits per heavy atom. The summed E-state index contributed by atoms with van der Waals surface area (Å²) in [6.45, 7) is 5.36. The van der Waals surface area contributed by atoms with Gasteiger partial charge in [-0.15, -0.1) is 0 Å². The number of anilines is 1. The maximum Gasteiger partial charge on any atom is 0.292 e. The van der Waals surface area contributed by atoms with Gasteiger partial charge < -0.3 is 14.4 Å². The van der Waals surface area contributed by atoms with Crippen LogP contribution in [0.3, 0.4) is 0 Å². The Bertz CT molecular complexity index is 552. The maximum atomic E-state index is 12.6. The van der Waals surface area contributed by atoms with Crippen LogP contribution < -0.4 is 14.5 Å². The van der Waals surface area contributed by atoms with E-state index < -0.39 is 0 Å². The lowest BCUT2D eigenvalue weighted by molar-refractivity contribution is -0.922. The Labute approximate surface area is 129 Å². The van der Waals surface area contributed by atoms with E-state index in [0.29, 0.717) is 25.5 Å². The first-order valence-corrected chi connectivity index (χ1v) is 7.72. The number of quaternary nitrogens is 1. The lowest BCUT2D eigenvalue weighted by Gasteiger charge is -2.27. The molecule has 0 aromatic heterocycles. The van der Waals surface area contributed by atoms with Crippen molar-refractivity contribution in [1.82, 2.24) is 0 Å². The molecule has 2 amide bonds. The summed E-state index contributed by atoms with van der Waals surface area (Å²) in [6.07, 6.45) is 0.279. The average Bonchev–Trinajstić information content (AvgIpc) is 2.84. The van der Waals surface area contributed by atoms with Gasteiger partial charge in [0.2, 0.25) is 5.91 Å². The molecule has 2 fully saturated rings. The van der Waals surface area contributed by atoms with Gasteiger partial charge in [0.1, 0.15) is 18.8 Å². The van der Waals surface area contributed by atoms with E-state index in [9.17, 15) is 9.59 Å². The lowest BCUT2D eigenvalue weighted by atomic mass is 10.2. The van der Waals surface area contributed by atoms with Crippen LogP contribution in [0.15, 0.2) is 24.3 Å². The molecule has 2 heterocycles. The van der Waals surface area contributed by atoms with Crippen molar-refractivity contribution >= 4 is 17.5 Å². The van der Waals surface area contributed by atoms with Gasteiger partial charge in [-0.25, -0.2) is 4.90 Å². The van der Waals surface area contributed by atoms with E-state index in [1.165, 1.54) is 4.90 Å². The molecule has 1 aromatic carbocycles. The molecule has 0 spiro atoms. The van der Waals surface area contributed by atoms with Gasteiger partial charge in [0.25, 0.3) is 5.91 Å². The minimum absolute atomic E-state index is 0.106. The Kier molecular flexibility index (Phi) is 4.40. The summed E-state index contributed by atoms with van der Waals surface area (Å²) in [6, 6.07) is 6.82. The second-order valence-corrected chi connectivity index (χ2v) is 5.52. The maximum absolute atomic E-state index is 12.6. The highest BCUT2D eigenvalue weighted by atomic mass is 16.5. The molecule has 3 rings (SSSR count). The van der Waals surface area contributed by atoms with Crippen LogP contribution in [0.1, 0.15) is 13.3 Å². The summed E-state index contributed by atoms with van der Waals surface area (Å²) in [5.41, 5.74) is 0.619. The molecule has 2 saturated heterocycles. The summed E-state index contributed by atoms with van der Waals surface area (Å²) in [5.74, 6) is 0.505. The van der Waals surface area contributed by atoms with Gasteiger partial charge in [0.15, 0.2) is 6.04 Å². The summed E-state index contributed by atoms with van der Waals surface area (Å²) < 4.78 is 10.7. The molecular weight excluding hydrogens is 284 g/mol. The number of carbonyl (C=O) groups is 2. The molecule has 1 N–H and O–H groups in total. The third-order valence-corrected chi connectivity index (χ3v) is 4.18. The molecule has 6 nitrogen and oxygen atoms in total. The third-order valence-electron chi connectivity index (χ3n) is 4.18. The van der Waals surface area contributed by atoms with E-state index in [-0.39, 0.29) is 24.3 Å². The molecule has 0 unspecified atom stereocenters. The van der Waals surface area contributed by atoms with Crippen LogP contribution in [0.2, 0.25) is 0 Å². The van der Waals surface area contributed by atoms with Gasteiger partial charge in [0, 0.05) is 0 Å². The Morgan fingerprint density at radius 3 is 2.55 bits per heavy atom. The highest BCUT2D eigenvalue weighted by Gasteiger charge is 2.45. The molecule has 0 radical (unpaired) electrons. The summed E-state index contributed by atoms with van der Waals surface area (Å²) >= 11 is 0. The number of imide groups is 1. The smallest absolute Gasteiger partial charge is 0.292 e. The second kappa shape index (κ2) is 6.46. The predicted octanol–water partition coefficient (Wildman–Crippen LogP) is -0.368. The standard InChI is InChI=1S/C16H20N2O4/c1-2-22-13-5-3-12(4-6-13)18-15(19)11-14(16(18)20)17-7-9-21-10-8-17/h3-6,14H,2,7-11H2,1H3/p+1/t14-/m0/s1. The third kappa shape index (κ3) is 2.84. The second-order valence-electron chi connectivity index (χ2n) is 5.52. The zero-order valence-corrected chi connectivity index (χ0v) is 12.7. The van der Waals surface area contributed by atoms with E-state index in [2.05, 4.69) is 0 Å². The zero-order chi connectivity index (χ0) is 15.5. The van der Waals surface area contributed by atoms with Crippen LogP contribution in [0.4, 0.5) is 5.69 Å². The molecule has 0 aliphatic carbocycles. The fourth-order valence-corrected chi connectivity index (χ4v) is 3.06. The quantitative estimate of drug-likeness (QED) is 0.771. The molecule has 6 heteroatoms. The Balaban J connectivity index is 1.76. The number of carbonyl (C=O) groups excluding carboxylic acids is 2. The van der Waals surface area contributed by atoms with Crippen molar-refractivity contribution in [2.24, 2.45) is 0 Å². The topological polar surface area (TPSA) is 60.3 Å². The van der Waals surface area contributed by atoms with Crippen molar-refractivity contribution in [1.29, 1.82) is 0 Å². The minimum Gasteiger partial charge on any atom is -0.494 e.